The number of anilines is 1. The van der Waals surface area contributed by atoms with Crippen molar-refractivity contribution in [3.05, 3.63) is 59.2 Å². The van der Waals surface area contributed by atoms with Gasteiger partial charge >= 0.3 is 5.97 Å². The molecule has 0 amide bonds. The van der Waals surface area contributed by atoms with Gasteiger partial charge in [0, 0.05) is 18.5 Å². The average Bonchev–Trinajstić information content (AvgIpc) is 3.17. The van der Waals surface area contributed by atoms with Gasteiger partial charge in [0.05, 0.1) is 12.3 Å². The monoisotopic (exact) mass is 454 g/mol. The third kappa shape index (κ3) is 7.47. The molecule has 0 radical (unpaired) electrons. The second-order valence-corrected chi connectivity index (χ2v) is 9.62. The number of nitrogens with one attached hydrogen (secondary N) is 1. The zero-order valence-corrected chi connectivity index (χ0v) is 20.1. The number of aryl methyl sites for hydroxylation is 1. The van der Waals surface area contributed by atoms with Crippen LogP contribution in [0.3, 0.4) is 0 Å². The second-order valence-electron chi connectivity index (χ2n) is 9.62. The van der Waals surface area contributed by atoms with E-state index in [0.29, 0.717) is 36.9 Å². The number of carbonyl (C=O) groups is 1. The molecule has 0 unspecified atom stereocenters. The van der Waals surface area contributed by atoms with E-state index >= 15 is 0 Å². The fourth-order valence-corrected chi connectivity index (χ4v) is 4.67. The Bertz CT molecular complexity index is 903. The summed E-state index contributed by atoms with van der Waals surface area (Å²) in [6.45, 7) is 7.08. The van der Waals surface area contributed by atoms with Crippen molar-refractivity contribution in [2.45, 2.75) is 64.5 Å². The van der Waals surface area contributed by atoms with Crippen LogP contribution in [-0.4, -0.2) is 42.5 Å². The number of rotatable bonds is 12. The molecule has 180 valence electrons. The van der Waals surface area contributed by atoms with Crippen LogP contribution >= 0.6 is 0 Å². The van der Waals surface area contributed by atoms with Crippen molar-refractivity contribution in [3.63, 3.8) is 0 Å². The number of hydrogen-bond donors (Lipinski definition) is 3. The molecule has 2 aromatic carbocycles. The molecule has 4 N–H and O–H groups in total. The SMILES string of the molecule is CCOC(=O)CCc1cccc(N)c1OC[C@H](O)CNC(C)(C)CC1Cc2ccccc2C1. The number of carbonyl (C=O) groups excluding carboxylic acids is 1. The Hall–Kier alpha value is -2.57. The van der Waals surface area contributed by atoms with Gasteiger partial charge in [-0.3, -0.25) is 4.79 Å². The Kier molecular flexibility index (Phi) is 8.75. The summed E-state index contributed by atoms with van der Waals surface area (Å²) in [5, 5.41) is 14.1. The standard InChI is InChI=1S/C27H38N2O4/c1-4-32-25(31)13-12-20-10-7-11-24(28)26(20)33-18-23(30)17-29-27(2,3)16-19-14-21-8-5-6-9-22(21)15-19/h5-11,19,23,29-30H,4,12-18,28H2,1-3H3/t23-/m1/s1. The first-order chi connectivity index (χ1) is 15.8. The van der Waals surface area contributed by atoms with E-state index < -0.39 is 6.10 Å². The van der Waals surface area contributed by atoms with Crippen LogP contribution in [0.15, 0.2) is 42.5 Å². The molecule has 0 bridgehead atoms. The van der Waals surface area contributed by atoms with Crippen LogP contribution in [-0.2, 0) is 28.8 Å². The Morgan fingerprint density at radius 3 is 2.55 bits per heavy atom. The molecule has 0 aliphatic heterocycles. The van der Waals surface area contributed by atoms with Gasteiger partial charge in [-0.25, -0.2) is 0 Å². The first-order valence-electron chi connectivity index (χ1n) is 11.9. The van der Waals surface area contributed by atoms with Crippen LogP contribution in [0.2, 0.25) is 0 Å². The van der Waals surface area contributed by atoms with Crippen molar-refractivity contribution in [2.24, 2.45) is 5.92 Å². The van der Waals surface area contributed by atoms with Crippen molar-refractivity contribution in [1.29, 1.82) is 0 Å². The molecular weight excluding hydrogens is 416 g/mol. The van der Waals surface area contributed by atoms with Gasteiger partial charge in [-0.1, -0.05) is 36.4 Å². The molecule has 1 atom stereocenters. The molecule has 1 aliphatic rings. The molecule has 0 saturated heterocycles. The molecule has 2 aromatic rings. The fraction of sp³-hybridized carbons (Fsp3) is 0.519. The number of para-hydroxylation sites is 1. The minimum atomic E-state index is -0.678. The first-order valence-corrected chi connectivity index (χ1v) is 11.9. The minimum absolute atomic E-state index is 0.0930. The highest BCUT2D eigenvalue weighted by atomic mass is 16.5. The first kappa shape index (κ1) is 25.1. The Labute approximate surface area is 197 Å². The zero-order chi connectivity index (χ0) is 23.8. The number of fused-ring (bicyclic) bond motifs is 1. The summed E-state index contributed by atoms with van der Waals surface area (Å²) < 4.78 is 10.9. The number of β-amino-alcohol motifs (C(OH)–C–C–N with tert-alkyl or cyclic N) is 1. The van der Waals surface area contributed by atoms with Gasteiger partial charge in [-0.05, 0) is 75.1 Å². The number of nitrogen functional groups attached to an aromatic ring is 1. The number of aliphatic hydroxyl groups excluding tert-OH is 1. The summed E-state index contributed by atoms with van der Waals surface area (Å²) >= 11 is 0. The van der Waals surface area contributed by atoms with E-state index in [4.69, 9.17) is 15.2 Å². The minimum Gasteiger partial charge on any atom is -0.488 e. The van der Waals surface area contributed by atoms with Gasteiger partial charge in [0.15, 0.2) is 0 Å². The predicted octanol–water partition coefficient (Wildman–Crippen LogP) is 3.68. The maximum absolute atomic E-state index is 11.7. The highest BCUT2D eigenvalue weighted by molar-refractivity contribution is 5.70. The quantitative estimate of drug-likeness (QED) is 0.335. The van der Waals surface area contributed by atoms with E-state index in [9.17, 15) is 9.90 Å². The predicted molar refractivity (Wildman–Crippen MR) is 131 cm³/mol. The summed E-state index contributed by atoms with van der Waals surface area (Å²) in [6.07, 6.45) is 3.34. The highest BCUT2D eigenvalue weighted by Crippen LogP contribution is 2.32. The van der Waals surface area contributed by atoms with Gasteiger partial charge in [-0.15, -0.1) is 0 Å². The maximum atomic E-state index is 11.7. The third-order valence-corrected chi connectivity index (χ3v) is 6.20. The highest BCUT2D eigenvalue weighted by Gasteiger charge is 2.28. The molecule has 0 heterocycles. The van der Waals surface area contributed by atoms with E-state index in [1.54, 1.807) is 13.0 Å². The number of benzene rings is 2. The molecule has 3 rings (SSSR count). The number of esters is 1. The van der Waals surface area contributed by atoms with Gasteiger partial charge in [0.1, 0.15) is 18.5 Å². The number of nitrogens with two attached hydrogens (primary N) is 1. The molecular formula is C27H38N2O4. The van der Waals surface area contributed by atoms with Crippen molar-refractivity contribution >= 4 is 11.7 Å². The van der Waals surface area contributed by atoms with Crippen LogP contribution in [0.5, 0.6) is 5.75 Å². The zero-order valence-electron chi connectivity index (χ0n) is 20.1. The molecule has 0 fully saturated rings. The fourth-order valence-electron chi connectivity index (χ4n) is 4.67. The van der Waals surface area contributed by atoms with Crippen LogP contribution in [0, 0.1) is 5.92 Å². The topological polar surface area (TPSA) is 93.8 Å². The van der Waals surface area contributed by atoms with Crippen molar-refractivity contribution < 1.29 is 19.4 Å². The Morgan fingerprint density at radius 2 is 1.88 bits per heavy atom. The molecule has 0 spiro atoms. The number of aliphatic hydroxyl groups is 1. The van der Waals surface area contributed by atoms with Crippen LogP contribution in [0.25, 0.3) is 0 Å². The molecule has 0 saturated carbocycles. The van der Waals surface area contributed by atoms with Crippen LogP contribution in [0.4, 0.5) is 5.69 Å². The lowest BCUT2D eigenvalue weighted by Crippen LogP contribution is -2.46. The summed E-state index contributed by atoms with van der Waals surface area (Å²) in [6, 6.07) is 14.2. The lowest BCUT2D eigenvalue weighted by Gasteiger charge is -2.30. The second kappa shape index (κ2) is 11.5. The largest absolute Gasteiger partial charge is 0.488 e. The van der Waals surface area contributed by atoms with E-state index in [2.05, 4.69) is 43.4 Å². The maximum Gasteiger partial charge on any atom is 0.306 e. The molecule has 33 heavy (non-hydrogen) atoms. The third-order valence-electron chi connectivity index (χ3n) is 6.20. The molecule has 6 nitrogen and oxygen atoms in total. The van der Waals surface area contributed by atoms with Crippen LogP contribution in [0.1, 0.15) is 50.3 Å². The Balaban J connectivity index is 1.46. The normalized spacial score (nSPS) is 14.7. The smallest absolute Gasteiger partial charge is 0.306 e. The lowest BCUT2D eigenvalue weighted by molar-refractivity contribution is -0.143. The molecule has 0 aromatic heterocycles. The Morgan fingerprint density at radius 1 is 1.18 bits per heavy atom. The van der Waals surface area contributed by atoms with Gasteiger partial charge in [0.2, 0.25) is 0 Å². The van der Waals surface area contributed by atoms with E-state index in [0.717, 1.165) is 24.8 Å². The van der Waals surface area contributed by atoms with Crippen molar-refractivity contribution in [3.8, 4) is 5.75 Å². The van der Waals surface area contributed by atoms with Gasteiger partial charge in [0.25, 0.3) is 0 Å². The van der Waals surface area contributed by atoms with E-state index in [-0.39, 0.29) is 24.5 Å². The lowest BCUT2D eigenvalue weighted by atomic mass is 9.88. The van der Waals surface area contributed by atoms with Crippen LogP contribution < -0.4 is 15.8 Å². The summed E-state index contributed by atoms with van der Waals surface area (Å²) in [5.74, 6) is 0.899. The molecule has 6 heteroatoms. The van der Waals surface area contributed by atoms with E-state index in [1.807, 2.05) is 12.1 Å². The molecule has 1 aliphatic carbocycles. The summed E-state index contributed by atoms with van der Waals surface area (Å²) in [7, 11) is 0. The van der Waals surface area contributed by atoms with Gasteiger partial charge < -0.3 is 25.6 Å². The van der Waals surface area contributed by atoms with Crippen molar-refractivity contribution in [2.75, 3.05) is 25.5 Å². The summed E-state index contributed by atoms with van der Waals surface area (Å²) in [5.41, 5.74) is 10.3. The van der Waals surface area contributed by atoms with Crippen molar-refractivity contribution in [1.82, 2.24) is 5.32 Å². The summed E-state index contributed by atoms with van der Waals surface area (Å²) in [4.78, 5) is 11.7. The average molecular weight is 455 g/mol. The number of ether oxygens (including phenoxy) is 2. The van der Waals surface area contributed by atoms with Gasteiger partial charge in [-0.2, -0.15) is 0 Å². The van der Waals surface area contributed by atoms with E-state index in [1.165, 1.54) is 11.1 Å². The number of hydrogen-bond acceptors (Lipinski definition) is 6.